The van der Waals surface area contributed by atoms with Crippen LogP contribution >= 0.6 is 0 Å². The molecule has 0 saturated heterocycles. The number of terminal acetylenes is 1. The Morgan fingerprint density at radius 2 is 1.64 bits per heavy atom. The molecule has 0 saturated carbocycles. The van der Waals surface area contributed by atoms with Crippen molar-refractivity contribution in [1.29, 1.82) is 0 Å². The predicted octanol–water partition coefficient (Wildman–Crippen LogP) is 4.29. The van der Waals surface area contributed by atoms with Crippen LogP contribution in [-0.4, -0.2) is 5.97 Å². The molecule has 0 aromatic heterocycles. The maximum absolute atomic E-state index is 13.0. The molecule has 0 heterocycles. The van der Waals surface area contributed by atoms with Gasteiger partial charge < -0.3 is 4.74 Å². The molecule has 2 rings (SSSR count). The molecule has 112 valence electrons. The molecule has 1 unspecified atom stereocenters. The Hall–Kier alpha value is -2.60. The van der Waals surface area contributed by atoms with Crippen molar-refractivity contribution in [3.63, 3.8) is 0 Å². The number of hydrogen-bond acceptors (Lipinski definition) is 2. The molecule has 2 aromatic carbocycles. The second-order valence-electron chi connectivity index (χ2n) is 5.09. The summed E-state index contributed by atoms with van der Waals surface area (Å²) in [4.78, 5) is 11.5. The topological polar surface area (TPSA) is 26.3 Å². The van der Waals surface area contributed by atoms with Crippen molar-refractivity contribution in [3.8, 4) is 23.5 Å². The minimum absolute atomic E-state index is 0.269. The number of carbonyl (C=O) groups is 1. The van der Waals surface area contributed by atoms with Crippen LogP contribution in [0.2, 0.25) is 0 Å². The van der Waals surface area contributed by atoms with E-state index in [0.29, 0.717) is 0 Å². The minimum Gasteiger partial charge on any atom is -0.442 e. The first-order chi connectivity index (χ1) is 10.5. The van der Waals surface area contributed by atoms with E-state index in [1.807, 2.05) is 24.3 Å². The Morgan fingerprint density at radius 3 is 2.09 bits per heavy atom. The Labute approximate surface area is 129 Å². The van der Waals surface area contributed by atoms with Gasteiger partial charge in [-0.15, -0.1) is 6.42 Å². The fourth-order valence-electron chi connectivity index (χ4n) is 2.09. The molecule has 0 spiro atoms. The standard InChI is InChI=1S/C19H17FO2/c1-4-18(21)22-19(3,5-2)16-10-6-14(7-11-16)15-8-12-17(20)13-9-15/h2,6-13H,4H2,1,3H3. The summed E-state index contributed by atoms with van der Waals surface area (Å²) in [6.45, 7) is 3.41. The number of benzene rings is 2. The van der Waals surface area contributed by atoms with E-state index in [9.17, 15) is 9.18 Å². The highest BCUT2D eigenvalue weighted by Crippen LogP contribution is 2.28. The zero-order valence-electron chi connectivity index (χ0n) is 12.6. The third kappa shape index (κ3) is 3.35. The van der Waals surface area contributed by atoms with Crippen molar-refractivity contribution in [2.45, 2.75) is 25.9 Å². The van der Waals surface area contributed by atoms with Crippen LogP contribution in [0.15, 0.2) is 48.5 Å². The summed E-state index contributed by atoms with van der Waals surface area (Å²) in [5.41, 5.74) is 1.47. The van der Waals surface area contributed by atoms with Crippen LogP contribution in [0.25, 0.3) is 11.1 Å². The SMILES string of the molecule is C#CC(C)(OC(=O)CC)c1ccc(-c2ccc(F)cc2)cc1. The van der Waals surface area contributed by atoms with Gasteiger partial charge in [0, 0.05) is 12.0 Å². The molecule has 3 heteroatoms. The molecular formula is C19H17FO2. The molecule has 0 aliphatic heterocycles. The van der Waals surface area contributed by atoms with E-state index in [2.05, 4.69) is 5.92 Å². The molecule has 2 aromatic rings. The van der Waals surface area contributed by atoms with Crippen molar-refractivity contribution in [1.82, 2.24) is 0 Å². The predicted molar refractivity (Wildman–Crippen MR) is 84.4 cm³/mol. The van der Waals surface area contributed by atoms with Gasteiger partial charge >= 0.3 is 5.97 Å². The van der Waals surface area contributed by atoms with Gasteiger partial charge in [0.05, 0.1) is 0 Å². The molecule has 0 radical (unpaired) electrons. The summed E-state index contributed by atoms with van der Waals surface area (Å²) < 4.78 is 18.3. The van der Waals surface area contributed by atoms with E-state index >= 15 is 0 Å². The third-order valence-electron chi connectivity index (χ3n) is 3.50. The summed E-state index contributed by atoms with van der Waals surface area (Å²) in [6, 6.07) is 13.6. The first-order valence-electron chi connectivity index (χ1n) is 7.04. The molecular weight excluding hydrogens is 279 g/mol. The number of esters is 1. The second kappa shape index (κ2) is 6.44. The van der Waals surface area contributed by atoms with E-state index in [4.69, 9.17) is 11.2 Å². The molecule has 0 aliphatic carbocycles. The Morgan fingerprint density at radius 1 is 1.14 bits per heavy atom. The zero-order chi connectivity index (χ0) is 16.2. The van der Waals surface area contributed by atoms with Crippen molar-refractivity contribution >= 4 is 5.97 Å². The van der Waals surface area contributed by atoms with Gasteiger partial charge in [-0.2, -0.15) is 0 Å². The highest BCUT2D eigenvalue weighted by Gasteiger charge is 2.28. The van der Waals surface area contributed by atoms with Crippen molar-refractivity contribution in [2.75, 3.05) is 0 Å². The first kappa shape index (κ1) is 15.8. The van der Waals surface area contributed by atoms with Gasteiger partial charge in [0.1, 0.15) is 5.82 Å². The van der Waals surface area contributed by atoms with Crippen molar-refractivity contribution in [2.24, 2.45) is 0 Å². The quantitative estimate of drug-likeness (QED) is 0.621. The number of ether oxygens (including phenoxy) is 1. The van der Waals surface area contributed by atoms with Gasteiger partial charge in [-0.25, -0.2) is 4.39 Å². The van der Waals surface area contributed by atoms with Crippen molar-refractivity contribution in [3.05, 3.63) is 59.9 Å². The maximum Gasteiger partial charge on any atom is 0.307 e. The number of rotatable bonds is 4. The number of carbonyl (C=O) groups excluding carboxylic acids is 1. The van der Waals surface area contributed by atoms with Crippen LogP contribution in [0.4, 0.5) is 4.39 Å². The fourth-order valence-corrected chi connectivity index (χ4v) is 2.09. The average Bonchev–Trinajstić information content (AvgIpc) is 2.55. The van der Waals surface area contributed by atoms with Gasteiger partial charge in [0.15, 0.2) is 5.60 Å². The highest BCUT2D eigenvalue weighted by atomic mass is 19.1. The molecule has 0 bridgehead atoms. The molecule has 0 N–H and O–H groups in total. The third-order valence-corrected chi connectivity index (χ3v) is 3.50. The lowest BCUT2D eigenvalue weighted by Gasteiger charge is -2.24. The van der Waals surface area contributed by atoms with E-state index in [0.717, 1.165) is 16.7 Å². The molecule has 1 atom stereocenters. The molecule has 2 nitrogen and oxygen atoms in total. The Bertz CT molecular complexity index is 696. The zero-order valence-corrected chi connectivity index (χ0v) is 12.6. The van der Waals surface area contributed by atoms with Gasteiger partial charge in [-0.3, -0.25) is 4.79 Å². The van der Waals surface area contributed by atoms with Crippen molar-refractivity contribution < 1.29 is 13.9 Å². The largest absolute Gasteiger partial charge is 0.442 e. The normalized spacial score (nSPS) is 13.0. The second-order valence-corrected chi connectivity index (χ2v) is 5.09. The smallest absolute Gasteiger partial charge is 0.307 e. The van der Waals surface area contributed by atoms with Crippen LogP contribution in [0.3, 0.4) is 0 Å². The van der Waals surface area contributed by atoms with Gasteiger partial charge in [0.2, 0.25) is 0 Å². The summed E-state index contributed by atoms with van der Waals surface area (Å²) >= 11 is 0. The molecule has 0 amide bonds. The van der Waals surface area contributed by atoms with Gasteiger partial charge in [0.25, 0.3) is 0 Å². The fraction of sp³-hybridized carbons (Fsp3) is 0.211. The van der Waals surface area contributed by atoms with Gasteiger partial charge in [-0.05, 0) is 30.2 Å². The van der Waals surface area contributed by atoms with Crippen LogP contribution in [0.5, 0.6) is 0 Å². The monoisotopic (exact) mass is 296 g/mol. The Balaban J connectivity index is 2.29. The van der Waals surface area contributed by atoms with Gasteiger partial charge in [-0.1, -0.05) is 49.2 Å². The van der Waals surface area contributed by atoms with E-state index in [1.54, 1.807) is 26.0 Å². The number of halogens is 1. The van der Waals surface area contributed by atoms with Crippen LogP contribution < -0.4 is 0 Å². The average molecular weight is 296 g/mol. The molecule has 0 aliphatic rings. The van der Waals surface area contributed by atoms with E-state index < -0.39 is 5.60 Å². The summed E-state index contributed by atoms with van der Waals surface area (Å²) in [5, 5.41) is 0. The summed E-state index contributed by atoms with van der Waals surface area (Å²) in [6.07, 6.45) is 5.81. The lowest BCUT2D eigenvalue weighted by molar-refractivity contribution is -0.153. The maximum atomic E-state index is 13.0. The lowest BCUT2D eigenvalue weighted by Crippen LogP contribution is -2.27. The van der Waals surface area contributed by atoms with E-state index in [-0.39, 0.29) is 18.2 Å². The Kier molecular flexibility index (Phi) is 4.62. The molecule has 0 fully saturated rings. The van der Waals surface area contributed by atoms with Crippen LogP contribution in [0, 0.1) is 18.2 Å². The minimum atomic E-state index is -1.09. The molecule has 22 heavy (non-hydrogen) atoms. The summed E-state index contributed by atoms with van der Waals surface area (Å²) in [7, 11) is 0. The highest BCUT2D eigenvalue weighted by molar-refractivity contribution is 5.70. The van der Waals surface area contributed by atoms with Crippen LogP contribution in [0.1, 0.15) is 25.8 Å². The lowest BCUT2D eigenvalue weighted by atomic mass is 9.94. The van der Waals surface area contributed by atoms with Crippen LogP contribution in [-0.2, 0) is 15.1 Å². The number of hydrogen-bond donors (Lipinski definition) is 0. The first-order valence-corrected chi connectivity index (χ1v) is 7.04. The summed E-state index contributed by atoms with van der Waals surface area (Å²) in [5.74, 6) is 1.92. The van der Waals surface area contributed by atoms with E-state index in [1.165, 1.54) is 12.1 Å².